The number of amides is 1. The first-order valence-corrected chi connectivity index (χ1v) is 12.6. The molecule has 2 aromatic heterocycles. The van der Waals surface area contributed by atoms with Gasteiger partial charge in [0.05, 0.1) is 23.0 Å². The molecule has 2 aromatic carbocycles. The van der Waals surface area contributed by atoms with Crippen LogP contribution in [-0.2, 0) is 13.1 Å². The number of benzene rings is 2. The Hall–Kier alpha value is -2.93. The van der Waals surface area contributed by atoms with Gasteiger partial charge in [-0.15, -0.1) is 0 Å². The summed E-state index contributed by atoms with van der Waals surface area (Å²) in [6.07, 6.45) is 1.84. The van der Waals surface area contributed by atoms with Gasteiger partial charge in [0.1, 0.15) is 0 Å². The number of pyridine rings is 1. The number of rotatable bonds is 5. The number of para-hydroxylation sites is 1. The van der Waals surface area contributed by atoms with Gasteiger partial charge in [0, 0.05) is 66.0 Å². The molecular formula is C27H27Cl2N5O. The van der Waals surface area contributed by atoms with Gasteiger partial charge in [0.2, 0.25) is 0 Å². The minimum Gasteiger partial charge on any atom is -0.336 e. The first-order chi connectivity index (χ1) is 16.9. The van der Waals surface area contributed by atoms with E-state index >= 15 is 0 Å². The fraction of sp³-hybridized carbons (Fsp3) is 0.296. The number of aryl methyl sites for hydroxylation is 1. The molecule has 0 bridgehead atoms. The van der Waals surface area contributed by atoms with Gasteiger partial charge in [-0.3, -0.25) is 14.4 Å². The molecule has 1 amide bonds. The molecule has 1 saturated heterocycles. The van der Waals surface area contributed by atoms with Crippen molar-refractivity contribution < 1.29 is 4.79 Å². The van der Waals surface area contributed by atoms with Gasteiger partial charge in [-0.05, 0) is 43.7 Å². The third kappa shape index (κ3) is 4.79. The lowest BCUT2D eigenvalue weighted by molar-refractivity contribution is 0.0630. The molecule has 8 heteroatoms. The zero-order valence-corrected chi connectivity index (χ0v) is 21.4. The molecule has 0 aliphatic carbocycles. The average molecular weight is 508 g/mol. The van der Waals surface area contributed by atoms with Crippen LogP contribution in [0.1, 0.15) is 28.5 Å². The summed E-state index contributed by atoms with van der Waals surface area (Å²) in [5.74, 6) is 0.0366. The summed E-state index contributed by atoms with van der Waals surface area (Å²) in [5.41, 5.74) is 5.32. The van der Waals surface area contributed by atoms with Crippen LogP contribution in [0.3, 0.4) is 0 Å². The Labute approximate surface area is 215 Å². The number of carbonyl (C=O) groups excluding carboxylic acids is 1. The second-order valence-electron chi connectivity index (χ2n) is 8.84. The summed E-state index contributed by atoms with van der Waals surface area (Å²) >= 11 is 12.4. The number of carbonyl (C=O) groups is 1. The Morgan fingerprint density at radius 2 is 1.80 bits per heavy atom. The number of hydrogen-bond donors (Lipinski definition) is 0. The topological polar surface area (TPSA) is 54.3 Å². The minimum absolute atomic E-state index is 0.0366. The van der Waals surface area contributed by atoms with Crippen molar-refractivity contribution in [3.05, 3.63) is 81.6 Å². The van der Waals surface area contributed by atoms with Crippen molar-refractivity contribution in [2.75, 3.05) is 26.2 Å². The fourth-order valence-corrected chi connectivity index (χ4v) is 5.15. The average Bonchev–Trinajstić information content (AvgIpc) is 3.25. The first-order valence-electron chi connectivity index (χ1n) is 11.8. The maximum atomic E-state index is 13.7. The summed E-state index contributed by atoms with van der Waals surface area (Å²) in [7, 11) is 0. The molecule has 0 atom stereocenters. The zero-order valence-electron chi connectivity index (χ0n) is 19.8. The Bertz CT molecular complexity index is 1390. The lowest BCUT2D eigenvalue weighted by Crippen LogP contribution is -2.48. The van der Waals surface area contributed by atoms with Crippen LogP contribution in [0.2, 0.25) is 10.0 Å². The molecule has 6 nitrogen and oxygen atoms in total. The molecule has 0 radical (unpaired) electrons. The van der Waals surface area contributed by atoms with Crippen LogP contribution in [0, 0.1) is 6.92 Å². The van der Waals surface area contributed by atoms with E-state index in [-0.39, 0.29) is 5.91 Å². The second kappa shape index (κ2) is 9.97. The highest BCUT2D eigenvalue weighted by atomic mass is 35.5. The van der Waals surface area contributed by atoms with E-state index in [0.29, 0.717) is 28.7 Å². The summed E-state index contributed by atoms with van der Waals surface area (Å²) < 4.78 is 1.94. The second-order valence-corrected chi connectivity index (χ2v) is 9.68. The SMILES string of the molecule is CCn1ncc(-c2cc(C(=O)N3CCN(Cc4ccc(Cl)cc4Cl)CC3)c3ccccc3n2)c1C. The van der Waals surface area contributed by atoms with Crippen molar-refractivity contribution in [1.82, 2.24) is 24.6 Å². The number of fused-ring (bicyclic) bond motifs is 1. The predicted molar refractivity (Wildman–Crippen MR) is 141 cm³/mol. The van der Waals surface area contributed by atoms with Gasteiger partial charge in [-0.25, -0.2) is 4.98 Å². The highest BCUT2D eigenvalue weighted by molar-refractivity contribution is 6.35. The molecule has 4 aromatic rings. The van der Waals surface area contributed by atoms with E-state index in [2.05, 4.69) is 16.9 Å². The zero-order chi connectivity index (χ0) is 24.5. The highest BCUT2D eigenvalue weighted by Gasteiger charge is 2.25. The van der Waals surface area contributed by atoms with Crippen LogP contribution in [0.15, 0.2) is 54.7 Å². The van der Waals surface area contributed by atoms with E-state index in [4.69, 9.17) is 28.2 Å². The summed E-state index contributed by atoms with van der Waals surface area (Å²) in [6.45, 7) is 8.50. The number of piperazine rings is 1. The maximum Gasteiger partial charge on any atom is 0.254 e. The van der Waals surface area contributed by atoms with Crippen molar-refractivity contribution in [1.29, 1.82) is 0 Å². The van der Waals surface area contributed by atoms with E-state index in [1.165, 1.54) is 0 Å². The number of hydrogen-bond acceptors (Lipinski definition) is 4. The largest absolute Gasteiger partial charge is 0.336 e. The van der Waals surface area contributed by atoms with Crippen LogP contribution < -0.4 is 0 Å². The van der Waals surface area contributed by atoms with Gasteiger partial charge in [0.25, 0.3) is 5.91 Å². The van der Waals surface area contributed by atoms with E-state index in [1.807, 2.05) is 65.2 Å². The molecular weight excluding hydrogens is 481 g/mol. The van der Waals surface area contributed by atoms with Crippen LogP contribution in [0.25, 0.3) is 22.2 Å². The third-order valence-corrected chi connectivity index (χ3v) is 7.28. The van der Waals surface area contributed by atoms with Crippen molar-refractivity contribution in [3.63, 3.8) is 0 Å². The normalized spacial score (nSPS) is 14.6. The summed E-state index contributed by atoms with van der Waals surface area (Å²) in [5, 5.41) is 6.65. The van der Waals surface area contributed by atoms with Crippen LogP contribution in [0.4, 0.5) is 0 Å². The molecule has 1 aliphatic rings. The van der Waals surface area contributed by atoms with Crippen LogP contribution in [-0.4, -0.2) is 56.7 Å². The molecule has 0 N–H and O–H groups in total. The number of halogens is 2. The van der Waals surface area contributed by atoms with Gasteiger partial charge in [-0.1, -0.05) is 47.5 Å². The maximum absolute atomic E-state index is 13.7. The Morgan fingerprint density at radius 1 is 1.03 bits per heavy atom. The number of nitrogens with zero attached hydrogens (tertiary/aromatic N) is 5. The highest BCUT2D eigenvalue weighted by Crippen LogP contribution is 2.28. The molecule has 0 unspecified atom stereocenters. The molecule has 3 heterocycles. The molecule has 35 heavy (non-hydrogen) atoms. The minimum atomic E-state index is 0.0366. The summed E-state index contributed by atoms with van der Waals surface area (Å²) in [4.78, 5) is 22.8. The lowest BCUT2D eigenvalue weighted by atomic mass is 10.0. The predicted octanol–water partition coefficient (Wildman–Crippen LogP) is 5.69. The van der Waals surface area contributed by atoms with E-state index in [9.17, 15) is 4.79 Å². The van der Waals surface area contributed by atoms with Crippen molar-refractivity contribution >= 4 is 40.0 Å². The smallest absolute Gasteiger partial charge is 0.254 e. The summed E-state index contributed by atoms with van der Waals surface area (Å²) in [6, 6.07) is 15.4. The van der Waals surface area contributed by atoms with Crippen LogP contribution >= 0.6 is 23.2 Å². The molecule has 180 valence electrons. The lowest BCUT2D eigenvalue weighted by Gasteiger charge is -2.35. The van der Waals surface area contributed by atoms with Gasteiger partial charge >= 0.3 is 0 Å². The molecule has 5 rings (SSSR count). The van der Waals surface area contributed by atoms with Crippen molar-refractivity contribution in [2.45, 2.75) is 26.9 Å². The van der Waals surface area contributed by atoms with E-state index < -0.39 is 0 Å². The monoisotopic (exact) mass is 507 g/mol. The molecule has 0 spiro atoms. The molecule has 0 saturated carbocycles. The molecule has 1 aliphatic heterocycles. The third-order valence-electron chi connectivity index (χ3n) is 6.69. The first kappa shape index (κ1) is 23.8. The Morgan fingerprint density at radius 3 is 2.51 bits per heavy atom. The van der Waals surface area contributed by atoms with Crippen molar-refractivity contribution in [2.24, 2.45) is 0 Å². The van der Waals surface area contributed by atoms with Gasteiger partial charge in [-0.2, -0.15) is 5.10 Å². The van der Waals surface area contributed by atoms with Gasteiger partial charge in [0.15, 0.2) is 0 Å². The Kier molecular flexibility index (Phi) is 6.78. The molecule has 1 fully saturated rings. The van der Waals surface area contributed by atoms with E-state index in [0.717, 1.165) is 59.6 Å². The van der Waals surface area contributed by atoms with Gasteiger partial charge < -0.3 is 4.90 Å². The number of aromatic nitrogens is 3. The van der Waals surface area contributed by atoms with Crippen molar-refractivity contribution in [3.8, 4) is 11.3 Å². The van der Waals surface area contributed by atoms with Crippen LogP contribution in [0.5, 0.6) is 0 Å². The Balaban J connectivity index is 1.38. The fourth-order valence-electron chi connectivity index (χ4n) is 4.68. The quantitative estimate of drug-likeness (QED) is 0.348. The standard InChI is InChI=1S/C27H27Cl2N5O/c1-3-34-18(2)23(16-30-34)26-15-22(21-6-4-5-7-25(21)31-26)27(35)33-12-10-32(11-13-33)17-19-8-9-20(28)14-24(19)29/h4-9,14-16H,3,10-13,17H2,1-2H3. The van der Waals surface area contributed by atoms with E-state index in [1.54, 1.807) is 6.07 Å².